The Bertz CT molecular complexity index is 575. The third-order valence-electron chi connectivity index (χ3n) is 6.26. The van der Waals surface area contributed by atoms with Crippen molar-refractivity contribution >= 4 is 25.1 Å². The van der Waals surface area contributed by atoms with Gasteiger partial charge in [0.2, 0.25) is 0 Å². The summed E-state index contributed by atoms with van der Waals surface area (Å²) in [5.74, 6) is 1.07. The minimum atomic E-state index is -4.17. The lowest BCUT2D eigenvalue weighted by molar-refractivity contribution is -0.245. The molecule has 0 amide bonds. The van der Waals surface area contributed by atoms with E-state index in [0.717, 1.165) is 18.6 Å². The molecule has 0 bridgehead atoms. The zero-order valence-corrected chi connectivity index (χ0v) is 26.7. The van der Waals surface area contributed by atoms with Crippen LogP contribution in [0.25, 0.3) is 0 Å². The van der Waals surface area contributed by atoms with Crippen LogP contribution in [-0.2, 0) is 23.4 Å². The first-order chi connectivity index (χ1) is 17.8. The van der Waals surface area contributed by atoms with Crippen molar-refractivity contribution in [1.29, 1.82) is 0 Å². The smallest absolute Gasteiger partial charge is 0.454 e. The highest BCUT2D eigenvalue weighted by atomic mass is 32.2. The lowest BCUT2D eigenvalue weighted by atomic mass is 10.1. The average Bonchev–Trinajstić information content (AvgIpc) is 2.87. The fourth-order valence-corrected chi connectivity index (χ4v) is 6.54. The molecule has 0 aliphatic heterocycles. The molecule has 0 spiro atoms. The predicted molar refractivity (Wildman–Crippen MR) is 159 cm³/mol. The molecule has 0 aromatic carbocycles. The van der Waals surface area contributed by atoms with Crippen molar-refractivity contribution in [3.8, 4) is 0 Å². The molecule has 0 saturated carbocycles. The van der Waals surface area contributed by atoms with E-state index in [0.29, 0.717) is 6.42 Å². The SMILES string of the molecule is CCCCCCCCCCSC(CCCCCCCCC)C(C)OOP(=O)(OCCC)C(=O)OC(C)C. The molecule has 0 aromatic rings. The number of hydrogen-bond donors (Lipinski definition) is 0. The highest BCUT2D eigenvalue weighted by Gasteiger charge is 2.40. The van der Waals surface area contributed by atoms with Crippen LogP contribution in [0.1, 0.15) is 151 Å². The predicted octanol–water partition coefficient (Wildman–Crippen LogP) is 10.9. The first-order valence-corrected chi connectivity index (χ1v) is 17.8. The Morgan fingerprint density at radius 1 is 0.730 bits per heavy atom. The van der Waals surface area contributed by atoms with Crippen LogP contribution >= 0.6 is 19.4 Å². The lowest BCUT2D eigenvalue weighted by Gasteiger charge is -2.25. The van der Waals surface area contributed by atoms with Gasteiger partial charge >= 0.3 is 13.3 Å². The van der Waals surface area contributed by atoms with Gasteiger partial charge in [-0.3, -0.25) is 4.52 Å². The lowest BCUT2D eigenvalue weighted by Crippen LogP contribution is -2.25. The largest absolute Gasteiger partial charge is 0.464 e. The van der Waals surface area contributed by atoms with E-state index in [1.807, 2.05) is 25.6 Å². The van der Waals surface area contributed by atoms with E-state index in [4.69, 9.17) is 18.8 Å². The van der Waals surface area contributed by atoms with Gasteiger partial charge in [-0.2, -0.15) is 11.8 Å². The quantitative estimate of drug-likeness (QED) is 0.0424. The van der Waals surface area contributed by atoms with Crippen LogP contribution in [0.5, 0.6) is 0 Å². The summed E-state index contributed by atoms with van der Waals surface area (Å²) in [5, 5.41) is 0.209. The second kappa shape index (κ2) is 24.9. The van der Waals surface area contributed by atoms with Gasteiger partial charge in [-0.05, 0) is 45.8 Å². The Morgan fingerprint density at radius 2 is 1.24 bits per heavy atom. The third kappa shape index (κ3) is 20.5. The Balaban J connectivity index is 4.77. The molecule has 0 rings (SSSR count). The van der Waals surface area contributed by atoms with E-state index in [-0.39, 0.29) is 18.0 Å². The molecule has 0 saturated heterocycles. The molecule has 0 N–H and O–H groups in total. The number of thioether (sulfide) groups is 1. The Labute approximate surface area is 233 Å². The average molecular weight is 567 g/mol. The summed E-state index contributed by atoms with van der Waals surface area (Å²) in [7, 11) is -4.17. The van der Waals surface area contributed by atoms with Gasteiger partial charge in [0.15, 0.2) is 0 Å². The highest BCUT2D eigenvalue weighted by molar-refractivity contribution is 7.99. The monoisotopic (exact) mass is 566 g/mol. The Kier molecular flexibility index (Phi) is 24.9. The van der Waals surface area contributed by atoms with E-state index < -0.39 is 19.4 Å². The van der Waals surface area contributed by atoms with Gasteiger partial charge in [0.25, 0.3) is 0 Å². The summed E-state index contributed by atoms with van der Waals surface area (Å²) in [6, 6.07) is 0. The summed E-state index contributed by atoms with van der Waals surface area (Å²) in [6.07, 6.45) is 20.1. The minimum Gasteiger partial charge on any atom is -0.454 e. The number of carbonyl (C=O) groups is 1. The van der Waals surface area contributed by atoms with Crippen LogP contribution in [0.15, 0.2) is 0 Å². The molecule has 0 aliphatic carbocycles. The number of carbonyl (C=O) groups excluding carboxylic acids is 1. The number of hydrogen-bond acceptors (Lipinski definition) is 7. The van der Waals surface area contributed by atoms with Crippen LogP contribution in [0.4, 0.5) is 4.79 Å². The molecule has 0 aliphatic rings. The first kappa shape index (κ1) is 36.9. The number of ether oxygens (including phenoxy) is 1. The van der Waals surface area contributed by atoms with Crippen molar-refractivity contribution in [3.05, 3.63) is 0 Å². The molecule has 3 unspecified atom stereocenters. The Hall–Kier alpha value is -0.0700. The molecule has 0 fully saturated rings. The molecule has 8 heteroatoms. The second-order valence-corrected chi connectivity index (χ2v) is 13.5. The summed E-state index contributed by atoms with van der Waals surface area (Å²) < 4.78 is 28.8. The molecule has 6 nitrogen and oxygen atoms in total. The fourth-order valence-electron chi connectivity index (χ4n) is 4.00. The van der Waals surface area contributed by atoms with Crippen molar-refractivity contribution < 1.29 is 28.2 Å². The normalized spacial score (nSPS) is 15.0. The van der Waals surface area contributed by atoms with E-state index in [2.05, 4.69) is 13.8 Å². The van der Waals surface area contributed by atoms with Crippen molar-refractivity contribution in [2.45, 2.75) is 168 Å². The Morgan fingerprint density at radius 3 is 1.76 bits per heavy atom. The molecule has 0 radical (unpaired) electrons. The summed E-state index contributed by atoms with van der Waals surface area (Å²) >= 11 is 1.91. The molecule has 0 heterocycles. The maximum absolute atomic E-state index is 13.1. The summed E-state index contributed by atoms with van der Waals surface area (Å²) in [4.78, 5) is 18.0. The minimum absolute atomic E-state index is 0.136. The van der Waals surface area contributed by atoms with Crippen LogP contribution in [0.2, 0.25) is 0 Å². The highest BCUT2D eigenvalue weighted by Crippen LogP contribution is 2.51. The fraction of sp³-hybridized carbons (Fsp3) is 0.966. The van der Waals surface area contributed by atoms with Gasteiger partial charge in [-0.1, -0.05) is 111 Å². The molecule has 0 aromatic heterocycles. The molecular formula is C29H59O6PS. The van der Waals surface area contributed by atoms with Crippen molar-refractivity contribution in [2.75, 3.05) is 12.4 Å². The summed E-state index contributed by atoms with van der Waals surface area (Å²) in [5.41, 5.74) is -0.988. The maximum atomic E-state index is 13.1. The zero-order chi connectivity index (χ0) is 27.8. The van der Waals surface area contributed by atoms with Crippen LogP contribution in [-0.4, -0.2) is 35.5 Å². The maximum Gasteiger partial charge on any atom is 0.464 e. The van der Waals surface area contributed by atoms with Crippen molar-refractivity contribution in [3.63, 3.8) is 0 Å². The van der Waals surface area contributed by atoms with Gasteiger partial charge in [0, 0.05) is 5.25 Å². The van der Waals surface area contributed by atoms with Crippen molar-refractivity contribution in [1.82, 2.24) is 0 Å². The van der Waals surface area contributed by atoms with Crippen LogP contribution in [0.3, 0.4) is 0 Å². The number of unbranched alkanes of at least 4 members (excludes halogenated alkanes) is 13. The topological polar surface area (TPSA) is 71.1 Å². The van der Waals surface area contributed by atoms with Gasteiger partial charge < -0.3 is 4.74 Å². The number of rotatable bonds is 27. The van der Waals surface area contributed by atoms with E-state index >= 15 is 0 Å². The van der Waals surface area contributed by atoms with Crippen LogP contribution in [0, 0.1) is 0 Å². The second-order valence-electron chi connectivity index (χ2n) is 10.4. The van der Waals surface area contributed by atoms with Gasteiger partial charge in [0.05, 0.1) is 12.7 Å². The van der Waals surface area contributed by atoms with Gasteiger partial charge in [-0.15, -0.1) is 4.67 Å². The van der Waals surface area contributed by atoms with Gasteiger partial charge in [0.1, 0.15) is 6.10 Å². The zero-order valence-electron chi connectivity index (χ0n) is 25.0. The standard InChI is InChI=1S/C29H59O6PS/c1-7-10-12-14-16-18-20-22-25-37-28(23-21-19-17-15-13-11-8-2)27(6)34-35-36(31,32-24-9-3)29(30)33-26(4)5/h26-28H,7-25H2,1-6H3. The molecule has 3 atom stereocenters. The van der Waals surface area contributed by atoms with E-state index in [9.17, 15) is 9.36 Å². The van der Waals surface area contributed by atoms with Crippen LogP contribution < -0.4 is 0 Å². The molecular weight excluding hydrogens is 507 g/mol. The molecule has 37 heavy (non-hydrogen) atoms. The van der Waals surface area contributed by atoms with Gasteiger partial charge in [-0.25, -0.2) is 14.2 Å². The third-order valence-corrected chi connectivity index (χ3v) is 9.19. The molecule has 222 valence electrons. The first-order valence-electron chi connectivity index (χ1n) is 15.2. The van der Waals surface area contributed by atoms with Crippen molar-refractivity contribution in [2.24, 2.45) is 0 Å². The van der Waals surface area contributed by atoms with E-state index in [1.54, 1.807) is 13.8 Å². The summed E-state index contributed by atoms with van der Waals surface area (Å²) in [6.45, 7) is 11.8. The van der Waals surface area contributed by atoms with E-state index in [1.165, 1.54) is 89.9 Å².